The zero-order valence-corrected chi connectivity index (χ0v) is 11.0. The zero-order chi connectivity index (χ0) is 14.1. The first-order valence-corrected chi connectivity index (χ1v) is 6.36. The molecule has 0 fully saturated rings. The van der Waals surface area contributed by atoms with Crippen molar-refractivity contribution in [3.05, 3.63) is 47.8 Å². The number of anilines is 1. The molecule has 98 valence electrons. The van der Waals surface area contributed by atoms with Crippen LogP contribution < -0.4 is 5.73 Å². The van der Waals surface area contributed by atoms with Crippen molar-refractivity contribution in [2.45, 2.75) is 13.3 Å². The van der Waals surface area contributed by atoms with Crippen molar-refractivity contribution in [1.82, 2.24) is 14.4 Å². The van der Waals surface area contributed by atoms with E-state index in [9.17, 15) is 0 Å². The largest absolute Gasteiger partial charge is 0.369 e. The van der Waals surface area contributed by atoms with Gasteiger partial charge in [-0.1, -0.05) is 19.1 Å². The van der Waals surface area contributed by atoms with Crippen molar-refractivity contribution in [3.63, 3.8) is 0 Å². The van der Waals surface area contributed by atoms with E-state index >= 15 is 0 Å². The summed E-state index contributed by atoms with van der Waals surface area (Å²) < 4.78 is 1.77. The summed E-state index contributed by atoms with van der Waals surface area (Å²) in [7, 11) is 0. The molecular weight excluding hydrogens is 250 g/mol. The second-order valence-corrected chi connectivity index (χ2v) is 4.51. The fourth-order valence-corrected chi connectivity index (χ4v) is 2.13. The van der Waals surface area contributed by atoms with Crippen LogP contribution in [-0.4, -0.2) is 14.4 Å². The van der Waals surface area contributed by atoms with Gasteiger partial charge in [-0.05, 0) is 18.6 Å². The van der Waals surface area contributed by atoms with Gasteiger partial charge in [0.25, 0.3) is 0 Å². The molecule has 0 radical (unpaired) electrons. The lowest BCUT2D eigenvalue weighted by atomic mass is 10.1. The van der Waals surface area contributed by atoms with Crippen LogP contribution in [0, 0.1) is 11.3 Å². The average molecular weight is 263 g/mol. The fourth-order valence-electron chi connectivity index (χ4n) is 2.13. The molecule has 2 heterocycles. The number of aryl methyl sites for hydroxylation is 1. The lowest BCUT2D eigenvalue weighted by molar-refractivity contribution is 1.06. The molecular formula is C15H13N5. The van der Waals surface area contributed by atoms with Gasteiger partial charge >= 0.3 is 0 Å². The first-order valence-electron chi connectivity index (χ1n) is 6.36. The van der Waals surface area contributed by atoms with Crippen molar-refractivity contribution < 1.29 is 0 Å². The van der Waals surface area contributed by atoms with Crippen molar-refractivity contribution >= 4 is 11.6 Å². The minimum Gasteiger partial charge on any atom is -0.369 e. The summed E-state index contributed by atoms with van der Waals surface area (Å²) in [5.74, 6) is 0.395. The van der Waals surface area contributed by atoms with Crippen LogP contribution in [0.25, 0.3) is 16.9 Å². The maximum atomic E-state index is 8.96. The minimum atomic E-state index is 0.395. The highest BCUT2D eigenvalue weighted by Gasteiger charge is 2.08. The highest BCUT2D eigenvalue weighted by molar-refractivity contribution is 5.67. The molecule has 0 saturated heterocycles. The Balaban J connectivity index is 2.19. The molecule has 2 aromatic heterocycles. The molecule has 0 spiro atoms. The molecule has 20 heavy (non-hydrogen) atoms. The highest BCUT2D eigenvalue weighted by atomic mass is 15.1. The molecule has 0 atom stereocenters. The normalized spacial score (nSPS) is 10.6. The van der Waals surface area contributed by atoms with Crippen LogP contribution in [0.5, 0.6) is 0 Å². The second kappa shape index (κ2) is 4.67. The number of fused-ring (bicyclic) bond motifs is 1. The summed E-state index contributed by atoms with van der Waals surface area (Å²) in [6, 6.07) is 11.3. The van der Waals surface area contributed by atoms with E-state index in [2.05, 4.69) is 16.0 Å². The van der Waals surface area contributed by atoms with E-state index < -0.39 is 0 Å². The molecule has 3 rings (SSSR count). The standard InChI is InChI=1S/C15H13N5/c1-2-12-9-20-14(18-12)7-13(19-15(20)17)11-5-3-4-10(6-11)8-16/h3-7,9H,2H2,1H3,(H2,17,19). The molecule has 5 heteroatoms. The van der Waals surface area contributed by atoms with E-state index in [4.69, 9.17) is 11.0 Å². The van der Waals surface area contributed by atoms with Gasteiger partial charge in [0.1, 0.15) is 5.65 Å². The van der Waals surface area contributed by atoms with Crippen molar-refractivity contribution in [2.75, 3.05) is 5.73 Å². The molecule has 0 aliphatic heterocycles. The van der Waals surface area contributed by atoms with Gasteiger partial charge in [0.2, 0.25) is 5.95 Å². The van der Waals surface area contributed by atoms with Crippen LogP contribution in [0.3, 0.4) is 0 Å². The molecule has 2 N–H and O–H groups in total. The van der Waals surface area contributed by atoms with E-state index in [0.29, 0.717) is 11.5 Å². The van der Waals surface area contributed by atoms with Gasteiger partial charge in [-0.15, -0.1) is 0 Å². The molecule has 0 saturated carbocycles. The third-order valence-corrected chi connectivity index (χ3v) is 3.18. The number of nitriles is 1. The van der Waals surface area contributed by atoms with Crippen LogP contribution in [0.2, 0.25) is 0 Å². The number of hydrogen-bond acceptors (Lipinski definition) is 4. The Kier molecular flexibility index (Phi) is 2.84. The first-order chi connectivity index (χ1) is 9.71. The molecule has 3 aromatic rings. The summed E-state index contributed by atoms with van der Waals surface area (Å²) in [6.45, 7) is 2.04. The number of aromatic nitrogens is 3. The SMILES string of the molecule is CCc1cn2c(N)nc(-c3cccc(C#N)c3)cc2n1. The Morgan fingerprint density at radius 2 is 2.15 bits per heavy atom. The number of nitrogen functional groups attached to an aromatic ring is 1. The highest BCUT2D eigenvalue weighted by Crippen LogP contribution is 2.22. The predicted molar refractivity (Wildman–Crippen MR) is 76.9 cm³/mol. The summed E-state index contributed by atoms with van der Waals surface area (Å²) in [4.78, 5) is 8.88. The van der Waals surface area contributed by atoms with E-state index in [1.807, 2.05) is 31.3 Å². The Morgan fingerprint density at radius 1 is 1.30 bits per heavy atom. The van der Waals surface area contributed by atoms with E-state index in [-0.39, 0.29) is 0 Å². The zero-order valence-electron chi connectivity index (χ0n) is 11.0. The minimum absolute atomic E-state index is 0.395. The maximum absolute atomic E-state index is 8.96. The van der Waals surface area contributed by atoms with Crippen LogP contribution in [0.1, 0.15) is 18.2 Å². The number of nitrogens with zero attached hydrogens (tertiary/aromatic N) is 4. The number of rotatable bonds is 2. The van der Waals surface area contributed by atoms with Crippen LogP contribution in [-0.2, 0) is 6.42 Å². The average Bonchev–Trinajstić information content (AvgIpc) is 2.91. The van der Waals surface area contributed by atoms with Crippen molar-refractivity contribution in [2.24, 2.45) is 0 Å². The second-order valence-electron chi connectivity index (χ2n) is 4.51. The number of benzene rings is 1. The Labute approximate surface area is 116 Å². The quantitative estimate of drug-likeness (QED) is 0.770. The van der Waals surface area contributed by atoms with Gasteiger partial charge in [0.05, 0.1) is 23.0 Å². The predicted octanol–water partition coefficient (Wildman–Crippen LogP) is 2.41. The Hall–Kier alpha value is -2.87. The van der Waals surface area contributed by atoms with Gasteiger partial charge in [-0.3, -0.25) is 4.40 Å². The van der Waals surface area contributed by atoms with Crippen LogP contribution in [0.15, 0.2) is 36.5 Å². The van der Waals surface area contributed by atoms with E-state index in [1.54, 1.807) is 16.5 Å². The summed E-state index contributed by atoms with van der Waals surface area (Å²) in [5.41, 5.74) is 9.90. The molecule has 0 bridgehead atoms. The van der Waals surface area contributed by atoms with E-state index in [1.165, 1.54) is 0 Å². The van der Waals surface area contributed by atoms with Crippen LogP contribution >= 0.6 is 0 Å². The smallest absolute Gasteiger partial charge is 0.206 e. The van der Waals surface area contributed by atoms with Crippen molar-refractivity contribution in [3.8, 4) is 17.3 Å². The topological polar surface area (TPSA) is 80.0 Å². The van der Waals surface area contributed by atoms with Gasteiger partial charge in [-0.25, -0.2) is 9.97 Å². The number of hydrogen-bond donors (Lipinski definition) is 1. The van der Waals surface area contributed by atoms with Crippen molar-refractivity contribution in [1.29, 1.82) is 5.26 Å². The van der Waals surface area contributed by atoms with Gasteiger partial charge in [0, 0.05) is 17.8 Å². The Bertz CT molecular complexity index is 826. The molecule has 0 aliphatic carbocycles. The third-order valence-electron chi connectivity index (χ3n) is 3.18. The molecule has 5 nitrogen and oxygen atoms in total. The van der Waals surface area contributed by atoms with E-state index in [0.717, 1.165) is 29.0 Å². The molecule has 0 amide bonds. The monoisotopic (exact) mass is 263 g/mol. The first kappa shape index (κ1) is 12.2. The lowest BCUT2D eigenvalue weighted by Crippen LogP contribution is -2.01. The third kappa shape index (κ3) is 1.97. The van der Waals surface area contributed by atoms with Crippen LogP contribution in [0.4, 0.5) is 5.95 Å². The molecule has 0 aliphatic rings. The summed E-state index contributed by atoms with van der Waals surface area (Å²) in [6.07, 6.45) is 2.74. The van der Waals surface area contributed by atoms with Gasteiger partial charge in [-0.2, -0.15) is 5.26 Å². The van der Waals surface area contributed by atoms with Gasteiger partial charge in [0.15, 0.2) is 0 Å². The fraction of sp³-hybridized carbons (Fsp3) is 0.133. The number of nitrogens with two attached hydrogens (primary N) is 1. The lowest BCUT2D eigenvalue weighted by Gasteiger charge is -2.04. The molecule has 1 aromatic carbocycles. The summed E-state index contributed by atoms with van der Waals surface area (Å²) in [5, 5.41) is 8.96. The number of imidazole rings is 1. The van der Waals surface area contributed by atoms with Gasteiger partial charge < -0.3 is 5.73 Å². The summed E-state index contributed by atoms with van der Waals surface area (Å²) >= 11 is 0. The molecule has 0 unspecified atom stereocenters. The maximum Gasteiger partial charge on any atom is 0.206 e. The Morgan fingerprint density at radius 3 is 2.90 bits per heavy atom.